The van der Waals surface area contributed by atoms with Crippen LogP contribution in [0.2, 0.25) is 0 Å². The fourth-order valence-corrected chi connectivity index (χ4v) is 4.55. The number of hydrogen-bond donors (Lipinski definition) is 1. The third-order valence-electron chi connectivity index (χ3n) is 6.44. The van der Waals surface area contributed by atoms with Gasteiger partial charge in [-0.05, 0) is 54.5 Å². The molecule has 1 aromatic rings. The molecule has 2 aliphatic carbocycles. The minimum absolute atomic E-state index is 0. The minimum atomic E-state index is 0. The van der Waals surface area contributed by atoms with Crippen molar-refractivity contribution >= 4 is 12.4 Å². The first kappa shape index (κ1) is 15.9. The quantitative estimate of drug-likeness (QED) is 0.864. The average molecular weight is 294 g/mol. The van der Waals surface area contributed by atoms with E-state index >= 15 is 0 Å². The van der Waals surface area contributed by atoms with Crippen LogP contribution in [0.25, 0.3) is 0 Å². The second-order valence-electron chi connectivity index (χ2n) is 7.35. The van der Waals surface area contributed by atoms with Crippen molar-refractivity contribution in [3.05, 3.63) is 35.9 Å². The summed E-state index contributed by atoms with van der Waals surface area (Å²) in [6.07, 6.45) is 5.39. The summed E-state index contributed by atoms with van der Waals surface area (Å²) in [6, 6.07) is 11.6. The zero-order chi connectivity index (χ0) is 13.5. The third-order valence-corrected chi connectivity index (χ3v) is 6.44. The van der Waals surface area contributed by atoms with Crippen molar-refractivity contribution in [1.82, 2.24) is 5.32 Å². The van der Waals surface area contributed by atoms with Crippen LogP contribution in [0.15, 0.2) is 30.3 Å². The van der Waals surface area contributed by atoms with Gasteiger partial charge in [-0.1, -0.05) is 51.1 Å². The van der Waals surface area contributed by atoms with Gasteiger partial charge in [0.15, 0.2) is 0 Å². The normalized spacial score (nSPS) is 34.0. The van der Waals surface area contributed by atoms with E-state index in [2.05, 4.69) is 56.4 Å². The van der Waals surface area contributed by atoms with Gasteiger partial charge < -0.3 is 5.32 Å². The predicted molar refractivity (Wildman–Crippen MR) is 88.4 cm³/mol. The molecule has 3 atom stereocenters. The van der Waals surface area contributed by atoms with Gasteiger partial charge in [0, 0.05) is 6.04 Å². The van der Waals surface area contributed by atoms with E-state index in [1.807, 2.05) is 0 Å². The first-order valence-corrected chi connectivity index (χ1v) is 7.81. The molecule has 1 nitrogen and oxygen atoms in total. The molecule has 0 heterocycles. The van der Waals surface area contributed by atoms with Gasteiger partial charge in [-0.3, -0.25) is 0 Å². The van der Waals surface area contributed by atoms with Gasteiger partial charge in [0.05, 0.1) is 0 Å². The zero-order valence-corrected chi connectivity index (χ0v) is 13.8. The Morgan fingerprint density at radius 1 is 1.15 bits per heavy atom. The number of hydrogen-bond acceptors (Lipinski definition) is 1. The van der Waals surface area contributed by atoms with Crippen molar-refractivity contribution in [3.63, 3.8) is 0 Å². The van der Waals surface area contributed by atoms with Crippen LogP contribution >= 0.6 is 12.4 Å². The van der Waals surface area contributed by atoms with Crippen LogP contribution < -0.4 is 5.32 Å². The van der Waals surface area contributed by atoms with Gasteiger partial charge >= 0.3 is 0 Å². The Labute approximate surface area is 130 Å². The molecule has 2 heteroatoms. The maximum absolute atomic E-state index is 3.86. The molecule has 0 aliphatic heterocycles. The Balaban J connectivity index is 0.00000147. The van der Waals surface area contributed by atoms with Crippen molar-refractivity contribution in [1.29, 1.82) is 0 Å². The molecule has 3 rings (SSSR count). The molecule has 0 unspecified atom stereocenters. The summed E-state index contributed by atoms with van der Waals surface area (Å²) < 4.78 is 0. The summed E-state index contributed by atoms with van der Waals surface area (Å²) in [6.45, 7) is 8.61. The number of benzene rings is 1. The lowest BCUT2D eigenvalue weighted by Gasteiger charge is -2.39. The molecule has 0 aromatic heterocycles. The van der Waals surface area contributed by atoms with Crippen molar-refractivity contribution in [3.8, 4) is 0 Å². The highest BCUT2D eigenvalue weighted by Crippen LogP contribution is 2.65. The predicted octanol–water partition coefficient (Wildman–Crippen LogP) is 4.46. The first-order chi connectivity index (χ1) is 9.04. The van der Waals surface area contributed by atoms with E-state index in [-0.39, 0.29) is 12.4 Å². The van der Waals surface area contributed by atoms with E-state index in [0.717, 1.165) is 24.9 Å². The molecule has 0 saturated heterocycles. The van der Waals surface area contributed by atoms with Crippen LogP contribution in [0.3, 0.4) is 0 Å². The molecule has 112 valence electrons. The largest absolute Gasteiger partial charge is 0.313 e. The Bertz CT molecular complexity index is 442. The molecule has 2 fully saturated rings. The highest BCUT2D eigenvalue weighted by molar-refractivity contribution is 5.85. The second kappa shape index (κ2) is 5.69. The Hall–Kier alpha value is -0.530. The van der Waals surface area contributed by atoms with Crippen molar-refractivity contribution < 1.29 is 0 Å². The standard InChI is InChI=1S/C18H27N.ClH/c1-17(2)15-9-11-18(17,3)16(13-15)19-12-10-14-7-5-4-6-8-14;/h4-8,15-16,19H,9-13H2,1-3H3;1H/t15-,16+,18+;/m0./s1. The highest BCUT2D eigenvalue weighted by Gasteiger charge is 2.60. The first-order valence-electron chi connectivity index (χ1n) is 7.81. The Morgan fingerprint density at radius 2 is 1.85 bits per heavy atom. The van der Waals surface area contributed by atoms with Gasteiger partial charge in [-0.15, -0.1) is 12.4 Å². The summed E-state index contributed by atoms with van der Waals surface area (Å²) in [5, 5.41) is 3.86. The van der Waals surface area contributed by atoms with Crippen LogP contribution in [-0.4, -0.2) is 12.6 Å². The summed E-state index contributed by atoms with van der Waals surface area (Å²) in [5.41, 5.74) is 2.48. The maximum Gasteiger partial charge on any atom is 0.0129 e. The van der Waals surface area contributed by atoms with E-state index in [1.54, 1.807) is 0 Å². The molecule has 2 aliphatic rings. The molecular formula is C18H28ClN. The van der Waals surface area contributed by atoms with Gasteiger partial charge in [-0.25, -0.2) is 0 Å². The highest BCUT2D eigenvalue weighted by atomic mass is 35.5. The summed E-state index contributed by atoms with van der Waals surface area (Å²) in [4.78, 5) is 0. The lowest BCUT2D eigenvalue weighted by atomic mass is 9.69. The topological polar surface area (TPSA) is 12.0 Å². The number of fused-ring (bicyclic) bond motifs is 2. The molecule has 0 amide bonds. The molecule has 20 heavy (non-hydrogen) atoms. The van der Waals surface area contributed by atoms with Crippen LogP contribution in [0, 0.1) is 16.7 Å². The molecule has 2 bridgehead atoms. The minimum Gasteiger partial charge on any atom is -0.313 e. The lowest BCUT2D eigenvalue weighted by molar-refractivity contribution is 0.121. The van der Waals surface area contributed by atoms with Gasteiger partial charge in [0.2, 0.25) is 0 Å². The number of nitrogens with one attached hydrogen (secondary N) is 1. The summed E-state index contributed by atoms with van der Waals surface area (Å²) in [7, 11) is 0. The molecule has 1 aromatic carbocycles. The third kappa shape index (κ3) is 2.40. The Morgan fingerprint density at radius 3 is 2.40 bits per heavy atom. The SMILES string of the molecule is CC1(C)[C@H]2CC[C@]1(C)[C@H](NCCc1ccccc1)C2.Cl. The molecule has 0 spiro atoms. The second-order valence-corrected chi connectivity index (χ2v) is 7.35. The van der Waals surface area contributed by atoms with Gasteiger partial charge in [0.25, 0.3) is 0 Å². The van der Waals surface area contributed by atoms with Crippen LogP contribution in [-0.2, 0) is 6.42 Å². The van der Waals surface area contributed by atoms with Crippen molar-refractivity contribution in [2.24, 2.45) is 16.7 Å². The van der Waals surface area contributed by atoms with E-state index in [1.165, 1.54) is 24.8 Å². The van der Waals surface area contributed by atoms with E-state index < -0.39 is 0 Å². The van der Waals surface area contributed by atoms with Crippen molar-refractivity contribution in [2.75, 3.05) is 6.54 Å². The summed E-state index contributed by atoms with van der Waals surface area (Å²) >= 11 is 0. The lowest BCUT2D eigenvalue weighted by Crippen LogP contribution is -2.45. The number of halogens is 1. The molecule has 0 radical (unpaired) electrons. The van der Waals surface area contributed by atoms with Crippen LogP contribution in [0.5, 0.6) is 0 Å². The fraction of sp³-hybridized carbons (Fsp3) is 0.667. The summed E-state index contributed by atoms with van der Waals surface area (Å²) in [5.74, 6) is 0.937. The average Bonchev–Trinajstić information content (AvgIpc) is 2.73. The monoisotopic (exact) mass is 293 g/mol. The zero-order valence-electron chi connectivity index (χ0n) is 13.0. The molecule has 1 N–H and O–H groups in total. The Kier molecular flexibility index (Phi) is 4.51. The van der Waals surface area contributed by atoms with Gasteiger partial charge in [0.1, 0.15) is 0 Å². The van der Waals surface area contributed by atoms with E-state index in [9.17, 15) is 0 Å². The van der Waals surface area contributed by atoms with E-state index in [0.29, 0.717) is 10.8 Å². The maximum atomic E-state index is 3.86. The molecule has 2 saturated carbocycles. The van der Waals surface area contributed by atoms with Crippen LogP contribution in [0.1, 0.15) is 45.6 Å². The van der Waals surface area contributed by atoms with Gasteiger partial charge in [-0.2, -0.15) is 0 Å². The van der Waals surface area contributed by atoms with Crippen molar-refractivity contribution in [2.45, 2.75) is 52.5 Å². The molecular weight excluding hydrogens is 266 g/mol. The number of rotatable bonds is 4. The van der Waals surface area contributed by atoms with Crippen LogP contribution in [0.4, 0.5) is 0 Å². The fourth-order valence-electron chi connectivity index (χ4n) is 4.55. The van der Waals surface area contributed by atoms with E-state index in [4.69, 9.17) is 0 Å². The smallest absolute Gasteiger partial charge is 0.0129 e.